The minimum absolute atomic E-state index is 0.0413. The fourth-order valence-electron chi connectivity index (χ4n) is 8.68. The van der Waals surface area contributed by atoms with Gasteiger partial charge in [0.25, 0.3) is 17.7 Å². The van der Waals surface area contributed by atoms with Gasteiger partial charge < -0.3 is 30.0 Å². The van der Waals surface area contributed by atoms with Crippen molar-refractivity contribution in [2.75, 3.05) is 18.9 Å². The van der Waals surface area contributed by atoms with Crippen LogP contribution in [0.3, 0.4) is 0 Å². The molecule has 4 aliphatic rings. The molecular formula is C46H46F3N7O8S. The zero-order chi connectivity index (χ0) is 45.7. The van der Waals surface area contributed by atoms with Crippen LogP contribution in [0.1, 0.15) is 73.7 Å². The monoisotopic (exact) mass is 913 g/mol. The molecule has 3 fully saturated rings. The van der Waals surface area contributed by atoms with Crippen molar-refractivity contribution in [3.05, 3.63) is 96.1 Å². The summed E-state index contributed by atoms with van der Waals surface area (Å²) in [7, 11) is -2.46. The Labute approximate surface area is 371 Å². The molecule has 4 amide bonds. The Balaban J connectivity index is 1.08. The summed E-state index contributed by atoms with van der Waals surface area (Å²) >= 11 is 0. The van der Waals surface area contributed by atoms with Gasteiger partial charge in [-0.3, -0.25) is 23.9 Å². The van der Waals surface area contributed by atoms with Crippen LogP contribution in [-0.2, 0) is 30.6 Å². The first-order valence-corrected chi connectivity index (χ1v) is 23.2. The van der Waals surface area contributed by atoms with E-state index >= 15 is 0 Å². The summed E-state index contributed by atoms with van der Waals surface area (Å²) in [5.41, 5.74) is -0.419. The third-order valence-corrected chi connectivity index (χ3v) is 14.3. The summed E-state index contributed by atoms with van der Waals surface area (Å²) in [6.07, 6.45) is 2.33. The van der Waals surface area contributed by atoms with E-state index in [4.69, 9.17) is 9.15 Å². The summed E-state index contributed by atoms with van der Waals surface area (Å²) < 4.78 is 81.5. The van der Waals surface area contributed by atoms with E-state index in [-0.39, 0.29) is 48.1 Å². The van der Waals surface area contributed by atoms with Crippen LogP contribution in [0.5, 0.6) is 5.88 Å². The van der Waals surface area contributed by atoms with Gasteiger partial charge in [-0.05, 0) is 81.0 Å². The Morgan fingerprint density at radius 1 is 0.969 bits per heavy atom. The van der Waals surface area contributed by atoms with Gasteiger partial charge in [0, 0.05) is 41.6 Å². The number of carbonyl (C=O) groups is 4. The summed E-state index contributed by atoms with van der Waals surface area (Å²) in [4.78, 5) is 66.8. The molecular weight excluding hydrogens is 868 g/mol. The first kappa shape index (κ1) is 43.7. The number of ether oxygens (including phenoxy) is 1. The molecule has 3 aromatic carbocycles. The molecule has 0 radical (unpaired) electrons. The lowest BCUT2D eigenvalue weighted by atomic mass is 10.0. The number of para-hydroxylation sites is 1. The van der Waals surface area contributed by atoms with E-state index in [1.807, 2.05) is 12.2 Å². The predicted molar refractivity (Wildman–Crippen MR) is 233 cm³/mol. The van der Waals surface area contributed by atoms with Gasteiger partial charge in [0.05, 0.1) is 17.4 Å². The molecule has 1 saturated heterocycles. The summed E-state index contributed by atoms with van der Waals surface area (Å²) in [5, 5.41) is 8.68. The van der Waals surface area contributed by atoms with Crippen molar-refractivity contribution in [2.24, 2.45) is 5.92 Å². The summed E-state index contributed by atoms with van der Waals surface area (Å²) in [5.74, 6) is -2.86. The number of furan rings is 1. The van der Waals surface area contributed by atoms with Crippen LogP contribution in [0, 0.1) is 5.92 Å². The molecule has 5 atom stereocenters. The molecule has 4 N–H and O–H groups in total. The highest BCUT2D eigenvalue weighted by Gasteiger charge is 2.62. The topological polar surface area (TPSA) is 202 Å². The molecule has 9 rings (SSSR count). The predicted octanol–water partition coefficient (Wildman–Crippen LogP) is 6.25. The number of amides is 4. The average Bonchev–Trinajstić information content (AvgIpc) is 4.19. The molecule has 15 nitrogen and oxygen atoms in total. The zero-order valence-corrected chi connectivity index (χ0v) is 36.0. The molecule has 4 heterocycles. The largest absolute Gasteiger partial charge is 0.470 e. The Bertz CT molecular complexity index is 2830. The molecule has 5 aromatic rings. The van der Waals surface area contributed by atoms with Crippen molar-refractivity contribution < 1.29 is 49.9 Å². The maximum Gasteiger partial charge on any atom is 0.416 e. The highest BCUT2D eigenvalue weighted by Crippen LogP contribution is 2.46. The number of carbonyl (C=O) groups excluding carboxylic acids is 4. The molecule has 19 heteroatoms. The number of benzene rings is 3. The number of hydrogen-bond acceptors (Lipinski definition) is 11. The van der Waals surface area contributed by atoms with Crippen molar-refractivity contribution >= 4 is 61.4 Å². The van der Waals surface area contributed by atoms with Gasteiger partial charge in [0.2, 0.25) is 27.4 Å². The number of halogens is 3. The highest BCUT2D eigenvalue weighted by molar-refractivity contribution is 7.91. The Morgan fingerprint density at radius 2 is 1.75 bits per heavy atom. The normalized spacial score (nSPS) is 24.5. The van der Waals surface area contributed by atoms with Gasteiger partial charge in [-0.2, -0.15) is 18.2 Å². The van der Waals surface area contributed by atoms with Gasteiger partial charge in [0.15, 0.2) is 5.82 Å². The van der Waals surface area contributed by atoms with Crippen LogP contribution in [0.2, 0.25) is 0 Å². The van der Waals surface area contributed by atoms with Crippen LogP contribution in [0.25, 0.3) is 33.5 Å². The van der Waals surface area contributed by atoms with Crippen LogP contribution in [-0.4, -0.2) is 89.5 Å². The van der Waals surface area contributed by atoms with Crippen LogP contribution < -0.4 is 25.4 Å². The molecule has 2 saturated carbocycles. The summed E-state index contributed by atoms with van der Waals surface area (Å²) in [6.45, 7) is -0.146. The van der Waals surface area contributed by atoms with E-state index in [1.165, 1.54) is 24.1 Å². The quantitative estimate of drug-likeness (QED) is 0.122. The fourth-order valence-corrected chi connectivity index (χ4v) is 10.0. The molecule has 2 aliphatic carbocycles. The minimum atomic E-state index is -4.57. The van der Waals surface area contributed by atoms with E-state index in [2.05, 4.69) is 30.6 Å². The lowest BCUT2D eigenvalue weighted by Crippen LogP contribution is -2.57. The Hall–Kier alpha value is -6.50. The molecule has 340 valence electrons. The molecule has 2 aromatic heterocycles. The number of alkyl halides is 3. The second-order valence-electron chi connectivity index (χ2n) is 17.1. The van der Waals surface area contributed by atoms with Crippen molar-refractivity contribution in [1.82, 2.24) is 30.2 Å². The van der Waals surface area contributed by atoms with Crippen LogP contribution >= 0.6 is 0 Å². The second-order valence-corrected chi connectivity index (χ2v) is 19.0. The third kappa shape index (κ3) is 8.97. The SMILES string of the molecule is CNC(=O)c1cccc(N[C@H]2CCCCC/C=C\[C@@H]3C[C@@]3(C(=O)NS(=O)(=O)C3CC3)NC(=O)[C@@H]3C[C@@H](Oc4nc(-c5ccc(C(F)(F)F)cc5)nc5c4oc4ccccc45)CN3C2=O)c1. The number of hydrogen-bond donors (Lipinski definition) is 4. The van der Waals surface area contributed by atoms with E-state index in [1.54, 1.807) is 48.5 Å². The van der Waals surface area contributed by atoms with E-state index in [0.29, 0.717) is 59.8 Å². The van der Waals surface area contributed by atoms with Crippen molar-refractivity contribution in [2.45, 2.75) is 92.9 Å². The smallest absolute Gasteiger partial charge is 0.416 e. The maximum atomic E-state index is 15.0. The van der Waals surface area contributed by atoms with E-state index in [9.17, 15) is 40.8 Å². The van der Waals surface area contributed by atoms with Gasteiger partial charge in [-0.25, -0.2) is 13.4 Å². The van der Waals surface area contributed by atoms with Gasteiger partial charge in [0.1, 0.15) is 34.8 Å². The van der Waals surface area contributed by atoms with Gasteiger partial charge in [-0.1, -0.05) is 55.3 Å². The lowest BCUT2D eigenvalue weighted by molar-refractivity contribution is -0.140. The van der Waals surface area contributed by atoms with Crippen molar-refractivity contribution in [3.63, 3.8) is 0 Å². The van der Waals surface area contributed by atoms with Crippen molar-refractivity contribution in [1.29, 1.82) is 0 Å². The Kier molecular flexibility index (Phi) is 11.5. The zero-order valence-electron chi connectivity index (χ0n) is 35.2. The Morgan fingerprint density at radius 3 is 2.51 bits per heavy atom. The number of sulfonamides is 1. The number of nitrogens with zero attached hydrogens (tertiary/aromatic N) is 3. The number of nitrogens with one attached hydrogen (secondary N) is 4. The third-order valence-electron chi connectivity index (χ3n) is 12.5. The minimum Gasteiger partial charge on any atom is -0.470 e. The number of allylic oxidation sites excluding steroid dienone is 1. The van der Waals surface area contributed by atoms with Gasteiger partial charge in [-0.15, -0.1) is 0 Å². The highest BCUT2D eigenvalue weighted by atomic mass is 32.2. The van der Waals surface area contributed by atoms with Crippen LogP contribution in [0.4, 0.5) is 18.9 Å². The number of fused-ring (bicyclic) bond motifs is 5. The van der Waals surface area contributed by atoms with E-state index < -0.39 is 74.4 Å². The number of aromatic nitrogens is 2. The average molecular weight is 914 g/mol. The molecule has 0 unspecified atom stereocenters. The number of anilines is 1. The molecule has 65 heavy (non-hydrogen) atoms. The van der Waals surface area contributed by atoms with Crippen LogP contribution in [0.15, 0.2) is 89.4 Å². The fraction of sp³-hybridized carbons (Fsp3) is 0.391. The standard InChI is InChI=1S/C46H46F3N7O8S/c1-50-40(57)27-10-9-12-30(22-27)51-34-14-6-4-2-3-5-11-29-24-45(29,44(60)55-65(61,62)32-20-21-32)54-41(58)35-23-31(25-56(35)43(34)59)63-42-38-37(33-13-7-8-15-36(33)64-38)52-39(53-42)26-16-18-28(19-17-26)46(47,48)49/h5,7-13,15-19,22,29,31-32,34-35,51H,2-4,6,14,20-21,23-25H2,1H3,(H,50,57)(H,54,58)(H,55,60)/b11-5-/t29-,31-,34+,35+,45-/m1/s1. The first-order valence-electron chi connectivity index (χ1n) is 21.6. The first-order chi connectivity index (χ1) is 31.1. The molecule has 0 bridgehead atoms. The molecule has 2 aliphatic heterocycles. The van der Waals surface area contributed by atoms with Gasteiger partial charge >= 0.3 is 6.18 Å². The summed E-state index contributed by atoms with van der Waals surface area (Å²) in [6, 6.07) is 16.0. The van der Waals surface area contributed by atoms with E-state index in [0.717, 1.165) is 25.0 Å². The second kappa shape index (κ2) is 17.1. The lowest BCUT2D eigenvalue weighted by Gasteiger charge is -2.30. The maximum absolute atomic E-state index is 15.0. The molecule has 0 spiro atoms. The van der Waals surface area contributed by atoms with Crippen molar-refractivity contribution in [3.8, 4) is 17.3 Å². The number of rotatable bonds is 9.